The number of methoxy groups -OCH3 is 4. The first-order valence-corrected chi connectivity index (χ1v) is 34.4. The molecule has 0 amide bonds. The number of pyridine rings is 1. The lowest BCUT2D eigenvalue weighted by Gasteiger charge is -2.19. The molecule has 17 nitrogen and oxygen atoms in total. The minimum absolute atomic E-state index is 0.150. The second kappa shape index (κ2) is 39.5. The monoisotopic (exact) mass is 1320 g/mol. The Morgan fingerprint density at radius 1 is 0.368 bits per heavy atom. The molecule has 0 aliphatic carbocycles. The number of aryl methyl sites for hydroxylation is 8. The topological polar surface area (TPSA) is 173 Å². The van der Waals surface area contributed by atoms with Crippen molar-refractivity contribution in [3.63, 3.8) is 0 Å². The van der Waals surface area contributed by atoms with E-state index in [1.165, 1.54) is 48.3 Å². The molecule has 0 atom stereocenters. The zero-order chi connectivity index (χ0) is 72.9. The lowest BCUT2D eigenvalue weighted by atomic mass is 9.90. The molecule has 0 fully saturated rings. The molecule has 0 bridgehead atoms. The molecule has 7 aromatic heterocycles. The van der Waals surface area contributed by atoms with Crippen LogP contribution in [0.15, 0.2) is 73.7 Å². The van der Waals surface area contributed by atoms with E-state index in [1.807, 2.05) is 44.6 Å². The smallest absolute Gasteiger partial charge is 0.220 e. The summed E-state index contributed by atoms with van der Waals surface area (Å²) in [5.41, 5.74) is 5.71. The predicted octanol–water partition coefficient (Wildman–Crippen LogP) is 19.1. The Morgan fingerprint density at radius 2 is 0.716 bits per heavy atom. The van der Waals surface area contributed by atoms with Crippen LogP contribution < -0.4 is 18.9 Å². The van der Waals surface area contributed by atoms with E-state index in [0.717, 1.165) is 74.4 Å². The van der Waals surface area contributed by atoms with Crippen molar-refractivity contribution in [3.05, 3.63) is 126 Å². The summed E-state index contributed by atoms with van der Waals surface area (Å²) in [7, 11) is 10.5. The lowest BCUT2D eigenvalue weighted by Crippen LogP contribution is -2.15. The second-order valence-corrected chi connectivity index (χ2v) is 34.0. The maximum absolute atomic E-state index is 5.10. The standard InChI is InChI=1S/C12H20N2O2.C12H22N2.C11H18N2O2.2C11H20N2.C11H17N.C10H18N2/c1-12(2,3)7-6-9-13-10(15-4)8-11(14-9)16-5;1-10(2)14-9-8-13-11(14)6-7-12(3,4)5;1-11(2,3)7-8-12-9(14-4)6-10(13-8)15-5;1-9-8-13(5)10(12-9)6-7-11(2,3)4;1-9(2)13-7-6-12-10(13)8-11(3,4)5;1-11(2,3)8-7-10-6-4-5-9-12-10;1-8-7-12(5)9(11-8)6-10(2,3)4/h8H,6-7H2,1-5H3;8-10H,6-7H2,1-5H3;6H,7H2,1-5H3;8H,6-7H2,1-5H3;6-7,9H,8H2,1-5H3;4-6,9H,7-8H2,1-3H3;7H,6H2,1-5H3. The third kappa shape index (κ3) is 41.2. The Morgan fingerprint density at radius 3 is 1.06 bits per heavy atom. The van der Waals surface area contributed by atoms with Crippen LogP contribution in [0.4, 0.5) is 0 Å². The highest BCUT2D eigenvalue weighted by Crippen LogP contribution is 2.27. The normalized spacial score (nSPS) is 11.9. The van der Waals surface area contributed by atoms with Crippen molar-refractivity contribution >= 4 is 0 Å². The molecule has 0 aromatic carbocycles. The van der Waals surface area contributed by atoms with Gasteiger partial charge in [-0.15, -0.1) is 0 Å². The molecular formula is C78H135N13O4. The fourth-order valence-corrected chi connectivity index (χ4v) is 9.13. The van der Waals surface area contributed by atoms with Crippen LogP contribution in [0.3, 0.4) is 0 Å². The van der Waals surface area contributed by atoms with Gasteiger partial charge in [0.2, 0.25) is 23.5 Å². The number of imidazole rings is 4. The van der Waals surface area contributed by atoms with Gasteiger partial charge in [0.25, 0.3) is 0 Å². The predicted molar refractivity (Wildman–Crippen MR) is 396 cm³/mol. The summed E-state index contributed by atoms with van der Waals surface area (Å²) >= 11 is 0. The highest BCUT2D eigenvalue weighted by Gasteiger charge is 2.20. The van der Waals surface area contributed by atoms with Gasteiger partial charge in [-0.3, -0.25) is 4.98 Å². The van der Waals surface area contributed by atoms with Crippen LogP contribution in [0.5, 0.6) is 23.5 Å². The molecular weight excluding hydrogens is 1180 g/mol. The van der Waals surface area contributed by atoms with Crippen molar-refractivity contribution in [2.24, 2.45) is 52.0 Å². The molecule has 0 N–H and O–H groups in total. The lowest BCUT2D eigenvalue weighted by molar-refractivity contribution is 0.354. The highest BCUT2D eigenvalue weighted by atomic mass is 16.5. The van der Waals surface area contributed by atoms with Gasteiger partial charge in [-0.05, 0) is 124 Å². The summed E-state index contributed by atoms with van der Waals surface area (Å²) in [5.74, 6) is 8.50. The quantitative estimate of drug-likeness (QED) is 0.0844. The Labute approximate surface area is 578 Å². The van der Waals surface area contributed by atoms with Crippen LogP contribution in [0.1, 0.15) is 263 Å². The zero-order valence-electron chi connectivity index (χ0n) is 66.3. The van der Waals surface area contributed by atoms with Crippen molar-refractivity contribution in [2.75, 3.05) is 28.4 Å². The summed E-state index contributed by atoms with van der Waals surface area (Å²) in [6.07, 6.45) is 25.5. The van der Waals surface area contributed by atoms with Crippen LogP contribution in [0.25, 0.3) is 0 Å². The van der Waals surface area contributed by atoms with Crippen molar-refractivity contribution in [1.82, 2.24) is 63.1 Å². The molecule has 0 saturated heterocycles. The van der Waals surface area contributed by atoms with E-state index in [2.05, 4.69) is 281 Å². The summed E-state index contributed by atoms with van der Waals surface area (Å²) < 4.78 is 29.1. The van der Waals surface area contributed by atoms with Gasteiger partial charge in [0.05, 0.1) is 52.0 Å². The van der Waals surface area contributed by atoms with Crippen LogP contribution in [-0.2, 0) is 59.0 Å². The largest absolute Gasteiger partial charge is 0.481 e. The van der Waals surface area contributed by atoms with Crippen LogP contribution in [0, 0.1) is 51.8 Å². The molecule has 536 valence electrons. The number of hydrogen-bond donors (Lipinski definition) is 0. The minimum atomic E-state index is 0.150. The Bertz CT molecular complexity index is 3150. The van der Waals surface area contributed by atoms with Gasteiger partial charge in [0, 0.05) is 114 Å². The summed E-state index contributed by atoms with van der Waals surface area (Å²) in [6, 6.07) is 10.5. The number of rotatable bonds is 17. The van der Waals surface area contributed by atoms with Gasteiger partial charge >= 0.3 is 0 Å². The van der Waals surface area contributed by atoms with Gasteiger partial charge in [0.15, 0.2) is 0 Å². The maximum atomic E-state index is 5.10. The van der Waals surface area contributed by atoms with Gasteiger partial charge in [-0.25, -0.2) is 19.9 Å². The number of ether oxygens (including phenoxy) is 4. The van der Waals surface area contributed by atoms with E-state index in [9.17, 15) is 0 Å². The molecule has 7 aromatic rings. The van der Waals surface area contributed by atoms with E-state index in [0.29, 0.717) is 62.7 Å². The zero-order valence-corrected chi connectivity index (χ0v) is 66.3. The van der Waals surface area contributed by atoms with Gasteiger partial charge in [0.1, 0.15) is 34.9 Å². The highest BCUT2D eigenvalue weighted by molar-refractivity contribution is 5.22. The van der Waals surface area contributed by atoms with Gasteiger partial charge in [-0.2, -0.15) is 19.9 Å². The molecule has 17 heteroatoms. The molecule has 0 aliphatic heterocycles. The van der Waals surface area contributed by atoms with Crippen molar-refractivity contribution < 1.29 is 18.9 Å². The number of hydrogen-bond acceptors (Lipinski definition) is 13. The van der Waals surface area contributed by atoms with Crippen molar-refractivity contribution in [3.8, 4) is 23.5 Å². The first-order valence-electron chi connectivity index (χ1n) is 34.4. The van der Waals surface area contributed by atoms with E-state index in [4.69, 9.17) is 18.9 Å². The fourth-order valence-electron chi connectivity index (χ4n) is 9.13. The fraction of sp³-hybridized carbons (Fsp3) is 0.679. The average Bonchev–Trinajstić information content (AvgIpc) is 1.81. The Balaban J connectivity index is 0.000000555. The summed E-state index contributed by atoms with van der Waals surface area (Å²) in [5, 5.41) is 0. The maximum Gasteiger partial charge on any atom is 0.220 e. The first kappa shape index (κ1) is 86.4. The molecule has 95 heavy (non-hydrogen) atoms. The molecule has 0 aliphatic rings. The van der Waals surface area contributed by atoms with E-state index in [-0.39, 0.29) is 10.8 Å². The second-order valence-electron chi connectivity index (χ2n) is 34.0. The van der Waals surface area contributed by atoms with E-state index in [1.54, 1.807) is 40.6 Å². The average molecular weight is 1320 g/mol. The van der Waals surface area contributed by atoms with Gasteiger partial charge < -0.3 is 37.2 Å². The third-order valence-electron chi connectivity index (χ3n) is 14.3. The Kier molecular flexibility index (Phi) is 35.9. The van der Waals surface area contributed by atoms with Crippen LogP contribution in [0.2, 0.25) is 0 Å². The van der Waals surface area contributed by atoms with Crippen molar-refractivity contribution in [2.45, 2.75) is 270 Å². The van der Waals surface area contributed by atoms with E-state index < -0.39 is 0 Å². The molecule has 0 unspecified atom stereocenters. The van der Waals surface area contributed by atoms with Gasteiger partial charge in [-0.1, -0.05) is 151 Å². The van der Waals surface area contributed by atoms with Crippen LogP contribution >= 0.6 is 0 Å². The summed E-state index contributed by atoms with van der Waals surface area (Å²) in [6.45, 7) is 59.7. The van der Waals surface area contributed by atoms with Crippen molar-refractivity contribution in [1.29, 1.82) is 0 Å². The number of nitrogens with zero attached hydrogens (tertiary/aromatic N) is 13. The minimum Gasteiger partial charge on any atom is -0.481 e. The molecule has 7 rings (SSSR count). The number of aromatic nitrogens is 13. The Hall–Kier alpha value is -6.65. The summed E-state index contributed by atoms with van der Waals surface area (Å²) in [4.78, 5) is 39.1. The molecule has 0 spiro atoms. The first-order chi connectivity index (χ1) is 43.5. The van der Waals surface area contributed by atoms with E-state index >= 15 is 0 Å². The van der Waals surface area contributed by atoms with Crippen LogP contribution in [-0.4, -0.2) is 91.6 Å². The SMILES string of the molecule is CC(C)(C)CCc1ccccn1.CC(C)n1ccnc1CC(C)(C)C.CC(C)n1ccnc1CCC(C)(C)C.COc1cc(OC)nc(CC(C)(C)C)n1.COc1cc(OC)nc(CCC(C)(C)C)n1.Cc1cn(C)c(CC(C)(C)C)n1.Cc1cn(C)c(CCC(C)(C)C)n1. The third-order valence-corrected chi connectivity index (χ3v) is 14.3. The molecule has 7 heterocycles. The molecule has 0 saturated carbocycles. The molecule has 0 radical (unpaired) electrons.